The van der Waals surface area contributed by atoms with E-state index in [-0.39, 0.29) is 50.9 Å². The minimum Gasteiger partial charge on any atom is -0.264 e. The zero-order valence-corrected chi connectivity index (χ0v) is 5.80. The summed E-state index contributed by atoms with van der Waals surface area (Å²) in [5.41, 5.74) is 0. The topological polar surface area (TPSA) is 74.6 Å². The summed E-state index contributed by atoms with van der Waals surface area (Å²) < 4.78 is 31.6. The van der Waals surface area contributed by atoms with Crippen LogP contribution < -0.4 is 0 Å². The van der Waals surface area contributed by atoms with Gasteiger partial charge in [0, 0.05) is 33.6 Å². The van der Waals surface area contributed by atoms with Crippen LogP contribution in [0.25, 0.3) is 0 Å². The summed E-state index contributed by atoms with van der Waals surface area (Å²) in [5.74, 6) is 0. The molecular weight excluding hydrogens is 237 g/mol. The van der Waals surface area contributed by atoms with Crippen molar-refractivity contribution in [1.82, 2.24) is 0 Å². The second kappa shape index (κ2) is 8.42. The number of hydrogen-bond donors (Lipinski definition) is 2. The molecule has 0 spiro atoms. The first-order chi connectivity index (χ1) is 2.00. The van der Waals surface area contributed by atoms with Crippen molar-refractivity contribution in [2.45, 2.75) is 0 Å². The van der Waals surface area contributed by atoms with Gasteiger partial charge in [0.15, 0.2) is 17.4 Å². The third kappa shape index (κ3) is 152. The summed E-state index contributed by atoms with van der Waals surface area (Å²) in [6.07, 6.45) is 0. The van der Waals surface area contributed by atoms with Crippen molar-refractivity contribution < 1.29 is 51.1 Å². The van der Waals surface area contributed by atoms with E-state index in [9.17, 15) is 0 Å². The normalized spacial score (nSPS) is 7.25. The minimum atomic E-state index is -4.67. The Balaban J connectivity index is -0.0000000267. The van der Waals surface area contributed by atoms with E-state index < -0.39 is 10.4 Å². The van der Waals surface area contributed by atoms with E-state index in [1.165, 1.54) is 0 Å². The smallest absolute Gasteiger partial charge is 0.264 e. The van der Waals surface area contributed by atoms with Gasteiger partial charge in [0.05, 0.1) is 0 Å². The molecule has 4 nitrogen and oxygen atoms in total. The van der Waals surface area contributed by atoms with Gasteiger partial charge in [0.1, 0.15) is 0 Å². The van der Waals surface area contributed by atoms with Crippen LogP contribution in [0.4, 0.5) is 0 Å². The molecule has 8 heteroatoms. The predicted molar refractivity (Wildman–Crippen MR) is 24.1 cm³/mol. The fourth-order valence-corrected chi connectivity index (χ4v) is 0. The maximum atomic E-state index is 8.74. The average Bonchev–Trinajstić information content (AvgIpc) is 0.722. The molecule has 0 aromatic heterocycles. The van der Waals surface area contributed by atoms with Gasteiger partial charge in [0.25, 0.3) is 0 Å². The van der Waals surface area contributed by atoms with Gasteiger partial charge in [0.2, 0.25) is 0 Å². The molecule has 0 unspecified atom stereocenters. The molecule has 0 rings (SSSR count). The summed E-state index contributed by atoms with van der Waals surface area (Å²) in [7, 11) is -4.67. The van der Waals surface area contributed by atoms with Gasteiger partial charge < -0.3 is 0 Å². The first-order valence-corrected chi connectivity index (χ1v) is 2.10. The third-order valence-corrected chi connectivity index (χ3v) is 0. The minimum absolute atomic E-state index is 0. The van der Waals surface area contributed by atoms with Crippen LogP contribution in [0.3, 0.4) is 0 Å². The fraction of sp³-hybridized carbons (Fsp3) is 0. The zero-order valence-electron chi connectivity index (χ0n) is 2.81. The Morgan fingerprint density at radius 2 is 1.12 bits per heavy atom. The molecule has 0 aromatic carbocycles. The quantitative estimate of drug-likeness (QED) is 0.386. The van der Waals surface area contributed by atoms with E-state index in [0.29, 0.717) is 0 Å². The maximum absolute atomic E-state index is 8.74. The van der Waals surface area contributed by atoms with Crippen molar-refractivity contribution in [3.8, 4) is 0 Å². The van der Waals surface area contributed by atoms with E-state index in [1.54, 1.807) is 0 Å². The van der Waals surface area contributed by atoms with Crippen LogP contribution in [0.5, 0.6) is 0 Å². The Labute approximate surface area is 78.5 Å². The van der Waals surface area contributed by atoms with Crippen LogP contribution in [0.15, 0.2) is 0 Å². The van der Waals surface area contributed by atoms with Gasteiger partial charge in [-0.15, -0.1) is 0 Å². The maximum Gasteiger partial charge on any atom is 0.394 e. The Morgan fingerprint density at radius 1 is 1.12 bits per heavy atom. The van der Waals surface area contributed by atoms with Gasteiger partial charge in [-0.3, -0.25) is 9.11 Å². The summed E-state index contributed by atoms with van der Waals surface area (Å²) >= 11 is 0. The largest absolute Gasteiger partial charge is 0.394 e. The second-order valence-corrected chi connectivity index (χ2v) is 1.34. The van der Waals surface area contributed by atoms with Crippen LogP contribution in [-0.2, 0) is 44.0 Å². The molecule has 0 amide bonds. The second-order valence-electron chi connectivity index (χ2n) is 0.448. The molecule has 0 aromatic rings. The van der Waals surface area contributed by atoms with E-state index in [1.807, 2.05) is 0 Å². The molecule has 8 heavy (non-hydrogen) atoms. The van der Waals surface area contributed by atoms with Gasteiger partial charge in [-0.25, -0.2) is 0 Å². The zero-order chi connectivity index (χ0) is 4.50. The Morgan fingerprint density at radius 3 is 1.12 bits per heavy atom. The fourth-order valence-electron chi connectivity index (χ4n) is 0. The van der Waals surface area contributed by atoms with Gasteiger partial charge in [-0.2, -0.15) is 8.42 Å². The number of rotatable bonds is 0. The summed E-state index contributed by atoms with van der Waals surface area (Å²) in [5, 5.41) is 0. The molecule has 0 bridgehead atoms. The first kappa shape index (κ1) is 22.7. The van der Waals surface area contributed by atoms with E-state index >= 15 is 0 Å². The molecule has 0 saturated carbocycles. The molecule has 0 atom stereocenters. The molecule has 0 saturated heterocycles. The van der Waals surface area contributed by atoms with Crippen LogP contribution in [-0.4, -0.2) is 34.9 Å². The van der Waals surface area contributed by atoms with Crippen LogP contribution >= 0.6 is 0 Å². The van der Waals surface area contributed by atoms with E-state index in [2.05, 4.69) is 0 Å². The Bertz CT molecular complexity index is 99.2. The Hall–Kier alpha value is 1.42. The summed E-state index contributed by atoms with van der Waals surface area (Å²) in [6.45, 7) is 0. The molecule has 0 fully saturated rings. The van der Waals surface area contributed by atoms with E-state index in [4.69, 9.17) is 17.5 Å². The molecule has 0 aliphatic carbocycles. The predicted octanol–water partition coefficient (Wildman–Crippen LogP) is -1.84. The molecule has 0 aliphatic heterocycles. The molecule has 0 heterocycles. The molecule has 2 N–H and O–H groups in total. The summed E-state index contributed by atoms with van der Waals surface area (Å²) in [6, 6.07) is 0. The van der Waals surface area contributed by atoms with Gasteiger partial charge >= 0.3 is 10.4 Å². The van der Waals surface area contributed by atoms with Crippen LogP contribution in [0.1, 0.15) is 0 Å². The van der Waals surface area contributed by atoms with Crippen molar-refractivity contribution >= 4 is 27.8 Å². The van der Waals surface area contributed by atoms with Crippen molar-refractivity contribution in [1.29, 1.82) is 0 Å². The van der Waals surface area contributed by atoms with E-state index in [0.717, 1.165) is 0 Å². The van der Waals surface area contributed by atoms with Gasteiger partial charge in [-0.1, -0.05) is 0 Å². The van der Waals surface area contributed by atoms with Gasteiger partial charge in [-0.05, 0) is 0 Å². The van der Waals surface area contributed by atoms with Crippen molar-refractivity contribution in [3.63, 3.8) is 0 Å². The average molecular weight is 242 g/mol. The SMILES string of the molecule is O=S(=O)(O)O.[AlH3].[Mn].[Ni]. The first-order valence-electron chi connectivity index (χ1n) is 0.698. The molecule has 1 radical (unpaired) electrons. The van der Waals surface area contributed by atoms with Crippen molar-refractivity contribution in [3.05, 3.63) is 0 Å². The van der Waals surface area contributed by atoms with Crippen molar-refractivity contribution in [2.75, 3.05) is 0 Å². The van der Waals surface area contributed by atoms with Crippen LogP contribution in [0.2, 0.25) is 0 Å². The van der Waals surface area contributed by atoms with Crippen LogP contribution in [0, 0.1) is 0 Å². The monoisotopic (exact) mass is 241 g/mol. The molecule has 55 valence electrons. The van der Waals surface area contributed by atoms with Crippen molar-refractivity contribution in [2.24, 2.45) is 0 Å². The summed E-state index contributed by atoms with van der Waals surface area (Å²) in [4.78, 5) is 0. The number of hydrogen-bond acceptors (Lipinski definition) is 2. The third-order valence-electron chi connectivity index (χ3n) is 0. The Kier molecular flexibility index (Phi) is 23.9. The molecular formula is H5AlMnNiO4S. The molecule has 0 aliphatic rings. The standard InChI is InChI=1S/Al.Mn.Ni.H2O4S.3H/c;;;1-5(2,3)4;;;/h;;;(H2,1,2,3,4);;;.